The monoisotopic (exact) mass is 391 g/mol. The molecule has 2 aromatic rings. The van der Waals surface area contributed by atoms with Gasteiger partial charge in [0.25, 0.3) is 0 Å². The van der Waals surface area contributed by atoms with E-state index in [-0.39, 0.29) is 0 Å². The molecule has 29 heavy (non-hydrogen) atoms. The van der Waals surface area contributed by atoms with E-state index in [1.54, 1.807) is 0 Å². The Bertz CT molecular complexity index is 677. The summed E-state index contributed by atoms with van der Waals surface area (Å²) in [6.45, 7) is 4.54. The fourth-order valence-electron chi connectivity index (χ4n) is 4.91. The largest absolute Gasteiger partial charge is 0.256 e. The maximum atomic E-state index is 4.75. The van der Waals surface area contributed by atoms with Crippen LogP contribution >= 0.6 is 0 Å². The van der Waals surface area contributed by atoms with Crippen molar-refractivity contribution < 1.29 is 0 Å². The van der Waals surface area contributed by atoms with E-state index in [1.165, 1.54) is 93.7 Å². The van der Waals surface area contributed by atoms with Crippen LogP contribution in [0.2, 0.25) is 0 Å². The zero-order valence-corrected chi connectivity index (χ0v) is 18.8. The molecule has 0 N–H and O–H groups in total. The van der Waals surface area contributed by atoms with Gasteiger partial charge in [-0.05, 0) is 48.3 Å². The van der Waals surface area contributed by atoms with Gasteiger partial charge in [-0.1, -0.05) is 108 Å². The summed E-state index contributed by atoms with van der Waals surface area (Å²) in [6, 6.07) is 13.4. The highest BCUT2D eigenvalue weighted by atomic mass is 14.7. The van der Waals surface area contributed by atoms with Crippen LogP contribution in [0.25, 0.3) is 11.3 Å². The van der Waals surface area contributed by atoms with Crippen LogP contribution in [-0.2, 0) is 12.8 Å². The van der Waals surface area contributed by atoms with Gasteiger partial charge >= 0.3 is 0 Å². The van der Waals surface area contributed by atoms with Crippen LogP contribution in [-0.4, -0.2) is 4.98 Å². The minimum Gasteiger partial charge on any atom is -0.256 e. The molecule has 1 aliphatic rings. The molecule has 0 bridgehead atoms. The molecule has 1 aromatic heterocycles. The third kappa shape index (κ3) is 7.28. The second kappa shape index (κ2) is 12.2. The quantitative estimate of drug-likeness (QED) is 0.350. The first-order valence-corrected chi connectivity index (χ1v) is 12.3. The van der Waals surface area contributed by atoms with Crippen LogP contribution in [0.4, 0.5) is 0 Å². The molecule has 1 heterocycles. The topological polar surface area (TPSA) is 12.9 Å². The Hall–Kier alpha value is -1.63. The number of hydrogen-bond donors (Lipinski definition) is 0. The summed E-state index contributed by atoms with van der Waals surface area (Å²) < 4.78 is 0. The maximum Gasteiger partial charge on any atom is 0.0702 e. The van der Waals surface area contributed by atoms with Gasteiger partial charge in [0, 0.05) is 11.8 Å². The SMILES string of the molecule is CCCCCC[C@H]1CC[C@H](CCc2ccc(-c3ccc(CCC)cc3)nc2)CC1. The van der Waals surface area contributed by atoms with E-state index in [4.69, 9.17) is 4.98 Å². The summed E-state index contributed by atoms with van der Waals surface area (Å²) in [5.41, 5.74) is 5.15. The predicted octanol–water partition coefficient (Wildman–Crippen LogP) is 8.41. The Kier molecular flexibility index (Phi) is 9.25. The van der Waals surface area contributed by atoms with Crippen LogP contribution in [0.3, 0.4) is 0 Å². The lowest BCUT2D eigenvalue weighted by molar-refractivity contribution is 0.249. The van der Waals surface area contributed by atoms with E-state index in [0.29, 0.717) is 0 Å². The predicted molar refractivity (Wildman–Crippen MR) is 126 cm³/mol. The molecule has 0 amide bonds. The van der Waals surface area contributed by atoms with Gasteiger partial charge in [-0.2, -0.15) is 0 Å². The first-order valence-electron chi connectivity index (χ1n) is 12.3. The van der Waals surface area contributed by atoms with Crippen LogP contribution in [0, 0.1) is 11.8 Å². The molecule has 158 valence electrons. The van der Waals surface area contributed by atoms with Crippen molar-refractivity contribution in [3.05, 3.63) is 53.7 Å². The summed E-state index contributed by atoms with van der Waals surface area (Å²) in [5, 5.41) is 0. The first-order chi connectivity index (χ1) is 14.3. The minimum absolute atomic E-state index is 0.938. The van der Waals surface area contributed by atoms with Crippen molar-refractivity contribution in [1.82, 2.24) is 4.98 Å². The molecule has 1 aliphatic carbocycles. The van der Waals surface area contributed by atoms with E-state index in [1.807, 2.05) is 0 Å². The van der Waals surface area contributed by atoms with Crippen LogP contribution in [0.1, 0.15) is 95.6 Å². The number of aryl methyl sites for hydroxylation is 2. The van der Waals surface area contributed by atoms with Gasteiger partial charge in [0.2, 0.25) is 0 Å². The molecular weight excluding hydrogens is 350 g/mol. The molecule has 1 saturated carbocycles. The number of hydrogen-bond acceptors (Lipinski definition) is 1. The van der Waals surface area contributed by atoms with Crippen molar-refractivity contribution in [2.24, 2.45) is 11.8 Å². The van der Waals surface area contributed by atoms with Crippen molar-refractivity contribution in [3.63, 3.8) is 0 Å². The highest BCUT2D eigenvalue weighted by molar-refractivity contribution is 5.59. The van der Waals surface area contributed by atoms with E-state index >= 15 is 0 Å². The molecule has 1 aromatic carbocycles. The van der Waals surface area contributed by atoms with Crippen LogP contribution < -0.4 is 0 Å². The molecule has 0 atom stereocenters. The van der Waals surface area contributed by atoms with E-state index in [0.717, 1.165) is 24.0 Å². The Morgan fingerprint density at radius 3 is 2.00 bits per heavy atom. The molecule has 0 unspecified atom stereocenters. The van der Waals surface area contributed by atoms with Crippen molar-refractivity contribution in [2.45, 2.75) is 97.3 Å². The summed E-state index contributed by atoms with van der Waals surface area (Å²) in [6.07, 6.45) is 20.0. The van der Waals surface area contributed by atoms with Crippen molar-refractivity contribution in [2.75, 3.05) is 0 Å². The van der Waals surface area contributed by atoms with E-state index in [9.17, 15) is 0 Å². The lowest BCUT2D eigenvalue weighted by Crippen LogP contribution is -2.15. The molecule has 0 aliphatic heterocycles. The zero-order valence-electron chi connectivity index (χ0n) is 18.8. The average molecular weight is 392 g/mol. The van der Waals surface area contributed by atoms with E-state index in [2.05, 4.69) is 56.4 Å². The number of benzene rings is 1. The molecule has 3 rings (SSSR count). The summed E-state index contributed by atoms with van der Waals surface area (Å²) in [5.74, 6) is 1.96. The first kappa shape index (κ1) is 22.1. The smallest absolute Gasteiger partial charge is 0.0702 e. The summed E-state index contributed by atoms with van der Waals surface area (Å²) in [4.78, 5) is 4.75. The van der Waals surface area contributed by atoms with Crippen LogP contribution in [0.5, 0.6) is 0 Å². The standard InChI is InChI=1S/C28H41N/c1-3-5-6-7-9-24-10-12-25(13-11-24)14-15-26-18-21-28(29-22-26)27-19-16-23(8-4-2)17-20-27/h16-22,24-25H,3-15H2,1-2H3/t24-,25-. The maximum absolute atomic E-state index is 4.75. The number of nitrogens with zero attached hydrogens (tertiary/aromatic N) is 1. The highest BCUT2D eigenvalue weighted by Gasteiger charge is 2.20. The lowest BCUT2D eigenvalue weighted by atomic mass is 9.78. The molecule has 0 spiro atoms. The Morgan fingerprint density at radius 2 is 1.38 bits per heavy atom. The number of pyridine rings is 1. The Morgan fingerprint density at radius 1 is 0.690 bits per heavy atom. The summed E-state index contributed by atoms with van der Waals surface area (Å²) >= 11 is 0. The molecular formula is C28H41N. The Balaban J connectivity index is 1.39. The summed E-state index contributed by atoms with van der Waals surface area (Å²) in [7, 11) is 0. The lowest BCUT2D eigenvalue weighted by Gasteiger charge is -2.28. The van der Waals surface area contributed by atoms with Gasteiger partial charge in [-0.15, -0.1) is 0 Å². The van der Waals surface area contributed by atoms with E-state index < -0.39 is 0 Å². The van der Waals surface area contributed by atoms with Gasteiger partial charge in [-0.25, -0.2) is 0 Å². The highest BCUT2D eigenvalue weighted by Crippen LogP contribution is 2.34. The van der Waals surface area contributed by atoms with Gasteiger partial charge in [0.1, 0.15) is 0 Å². The molecule has 1 fully saturated rings. The number of rotatable bonds is 11. The fourth-order valence-corrected chi connectivity index (χ4v) is 4.91. The molecule has 0 radical (unpaired) electrons. The molecule has 1 nitrogen and oxygen atoms in total. The molecule has 0 saturated heterocycles. The second-order valence-corrected chi connectivity index (χ2v) is 9.27. The second-order valence-electron chi connectivity index (χ2n) is 9.27. The minimum atomic E-state index is 0.938. The number of aromatic nitrogens is 1. The van der Waals surface area contributed by atoms with Gasteiger partial charge in [-0.3, -0.25) is 4.98 Å². The van der Waals surface area contributed by atoms with Crippen molar-refractivity contribution in [1.29, 1.82) is 0 Å². The van der Waals surface area contributed by atoms with Crippen LogP contribution in [0.15, 0.2) is 42.6 Å². The molecule has 1 heteroatoms. The van der Waals surface area contributed by atoms with Gasteiger partial charge < -0.3 is 0 Å². The van der Waals surface area contributed by atoms with Gasteiger partial charge in [0.15, 0.2) is 0 Å². The third-order valence-corrected chi connectivity index (χ3v) is 6.89. The number of unbranched alkanes of at least 4 members (excludes halogenated alkanes) is 3. The van der Waals surface area contributed by atoms with Crippen molar-refractivity contribution >= 4 is 0 Å². The fraction of sp³-hybridized carbons (Fsp3) is 0.607. The van der Waals surface area contributed by atoms with Gasteiger partial charge in [0.05, 0.1) is 5.69 Å². The normalized spacial score (nSPS) is 19.4. The Labute approximate surface area is 179 Å². The zero-order chi connectivity index (χ0) is 20.3. The van der Waals surface area contributed by atoms with Crippen molar-refractivity contribution in [3.8, 4) is 11.3 Å². The average Bonchev–Trinajstić information content (AvgIpc) is 2.77. The third-order valence-electron chi connectivity index (χ3n) is 6.89.